The number of anilines is 2. The normalized spacial score (nSPS) is 10.0. The van der Waals surface area contributed by atoms with Crippen LogP contribution in [-0.4, -0.2) is 29.0 Å². The molecule has 0 aliphatic rings. The highest BCUT2D eigenvalue weighted by Crippen LogP contribution is 2.29. The smallest absolute Gasteiger partial charge is 0.314 e. The van der Waals surface area contributed by atoms with Gasteiger partial charge in [-0.2, -0.15) is 0 Å². The second kappa shape index (κ2) is 7.30. The largest absolute Gasteiger partial charge is 0.506 e. The summed E-state index contributed by atoms with van der Waals surface area (Å²) in [5.41, 5.74) is 0.752. The van der Waals surface area contributed by atoms with E-state index in [1.807, 2.05) is 0 Å². The van der Waals surface area contributed by atoms with E-state index in [0.717, 1.165) is 11.6 Å². The molecule has 0 aliphatic carbocycles. The fraction of sp³-hybridized carbons (Fsp3) is 0.125. The van der Waals surface area contributed by atoms with E-state index in [1.54, 1.807) is 13.0 Å². The number of aryl methyl sites for hydroxylation is 1. The fourth-order valence-electron chi connectivity index (χ4n) is 2.00. The lowest BCUT2D eigenvalue weighted by Gasteiger charge is -2.11. The van der Waals surface area contributed by atoms with Gasteiger partial charge in [0.05, 0.1) is 29.5 Å². The number of hydrogen-bond donors (Lipinski definition) is 3. The van der Waals surface area contributed by atoms with Crippen molar-refractivity contribution in [2.75, 3.05) is 17.7 Å². The zero-order chi connectivity index (χ0) is 18.6. The molecular weight excluding hydrogens is 330 g/mol. The Morgan fingerprint density at radius 3 is 2.24 bits per heavy atom. The Labute approximate surface area is 142 Å². The van der Waals surface area contributed by atoms with Crippen molar-refractivity contribution in [3.63, 3.8) is 0 Å². The van der Waals surface area contributed by atoms with Gasteiger partial charge in [-0.25, -0.2) is 0 Å². The van der Waals surface area contributed by atoms with Crippen LogP contribution in [0.2, 0.25) is 0 Å². The van der Waals surface area contributed by atoms with Crippen LogP contribution >= 0.6 is 0 Å². The summed E-state index contributed by atoms with van der Waals surface area (Å²) in [4.78, 5) is 34.1. The van der Waals surface area contributed by atoms with E-state index in [2.05, 4.69) is 10.6 Å². The number of nitro benzene ring substituents is 1. The molecule has 130 valence electrons. The van der Waals surface area contributed by atoms with Crippen molar-refractivity contribution in [1.29, 1.82) is 0 Å². The third kappa shape index (κ3) is 4.22. The van der Waals surface area contributed by atoms with E-state index < -0.39 is 16.7 Å². The number of phenolic OH excluding ortho intramolecular Hbond substituents is 1. The van der Waals surface area contributed by atoms with Gasteiger partial charge in [0.25, 0.3) is 5.69 Å². The van der Waals surface area contributed by atoms with E-state index >= 15 is 0 Å². The van der Waals surface area contributed by atoms with E-state index in [9.17, 15) is 24.8 Å². The van der Waals surface area contributed by atoms with Gasteiger partial charge in [-0.3, -0.25) is 19.7 Å². The van der Waals surface area contributed by atoms with E-state index in [0.29, 0.717) is 0 Å². The molecular formula is C16H15N3O6. The maximum atomic E-state index is 12.0. The van der Waals surface area contributed by atoms with Gasteiger partial charge in [-0.15, -0.1) is 0 Å². The topological polar surface area (TPSA) is 131 Å². The average molecular weight is 345 g/mol. The fourth-order valence-corrected chi connectivity index (χ4v) is 2.00. The summed E-state index contributed by atoms with van der Waals surface area (Å²) in [6, 6.07) is 8.11. The minimum Gasteiger partial charge on any atom is -0.506 e. The molecule has 25 heavy (non-hydrogen) atoms. The minimum absolute atomic E-state index is 0.0357. The molecule has 2 aromatic rings. The highest BCUT2D eigenvalue weighted by molar-refractivity contribution is 6.43. The first-order chi connectivity index (χ1) is 11.8. The molecule has 0 radical (unpaired) electrons. The molecule has 0 atom stereocenters. The molecule has 9 heteroatoms. The number of nitrogens with one attached hydrogen (secondary N) is 2. The maximum Gasteiger partial charge on any atom is 0.314 e. The average Bonchev–Trinajstić information content (AvgIpc) is 2.57. The molecule has 0 spiro atoms. The van der Waals surface area contributed by atoms with Gasteiger partial charge in [-0.1, -0.05) is 6.07 Å². The molecule has 0 aliphatic heterocycles. The Morgan fingerprint density at radius 2 is 1.68 bits per heavy atom. The van der Waals surface area contributed by atoms with Gasteiger partial charge < -0.3 is 20.5 Å². The molecule has 9 nitrogen and oxygen atoms in total. The van der Waals surface area contributed by atoms with Gasteiger partial charge >= 0.3 is 11.8 Å². The number of rotatable bonds is 4. The molecule has 0 fully saturated rings. The Bertz CT molecular complexity index is 850. The lowest BCUT2D eigenvalue weighted by Crippen LogP contribution is -2.29. The van der Waals surface area contributed by atoms with Crippen molar-refractivity contribution < 1.29 is 24.4 Å². The summed E-state index contributed by atoms with van der Waals surface area (Å²) < 4.78 is 4.98. The highest BCUT2D eigenvalue weighted by Gasteiger charge is 2.19. The number of nitro groups is 1. The number of amides is 2. The number of hydrogen-bond acceptors (Lipinski definition) is 6. The van der Waals surface area contributed by atoms with Crippen molar-refractivity contribution in [2.45, 2.75) is 6.92 Å². The monoisotopic (exact) mass is 345 g/mol. The number of methoxy groups -OCH3 is 1. The van der Waals surface area contributed by atoms with E-state index in [4.69, 9.17) is 4.74 Å². The lowest BCUT2D eigenvalue weighted by atomic mass is 10.2. The molecule has 0 heterocycles. The Kier molecular flexibility index (Phi) is 5.18. The van der Waals surface area contributed by atoms with Crippen LogP contribution in [-0.2, 0) is 9.59 Å². The summed E-state index contributed by atoms with van der Waals surface area (Å²) >= 11 is 0. The zero-order valence-corrected chi connectivity index (χ0v) is 13.4. The number of phenols is 1. The zero-order valence-electron chi connectivity index (χ0n) is 13.4. The first-order valence-electron chi connectivity index (χ1n) is 7.06. The van der Waals surface area contributed by atoms with Crippen molar-refractivity contribution in [1.82, 2.24) is 0 Å². The quantitative estimate of drug-likeness (QED) is 0.337. The molecule has 0 bridgehead atoms. The molecule has 0 unspecified atom stereocenters. The summed E-state index contributed by atoms with van der Waals surface area (Å²) in [5, 5.41) is 25.1. The summed E-state index contributed by atoms with van der Waals surface area (Å²) in [7, 11) is 1.28. The van der Waals surface area contributed by atoms with Crippen LogP contribution in [0.3, 0.4) is 0 Å². The van der Waals surface area contributed by atoms with Crippen LogP contribution in [0.1, 0.15) is 5.56 Å². The molecule has 3 N–H and O–H groups in total. The van der Waals surface area contributed by atoms with Gasteiger partial charge in [0.15, 0.2) is 0 Å². The Balaban J connectivity index is 2.13. The second-order valence-electron chi connectivity index (χ2n) is 5.07. The number of non-ortho nitro benzene ring substituents is 1. The SMILES string of the molecule is COc1cc([N+](=O)[O-])ccc1NC(=O)C(=O)Nc1ccc(C)cc1O. The van der Waals surface area contributed by atoms with Crippen molar-refractivity contribution in [2.24, 2.45) is 0 Å². The maximum absolute atomic E-state index is 12.0. The third-order valence-electron chi connectivity index (χ3n) is 3.25. The van der Waals surface area contributed by atoms with Crippen molar-refractivity contribution in [3.8, 4) is 11.5 Å². The van der Waals surface area contributed by atoms with Crippen LogP contribution in [0.25, 0.3) is 0 Å². The number of carbonyl (C=O) groups excluding carboxylic acids is 2. The number of ether oxygens (including phenoxy) is 1. The van der Waals surface area contributed by atoms with Crippen LogP contribution in [0.5, 0.6) is 11.5 Å². The molecule has 0 saturated carbocycles. The molecule has 0 saturated heterocycles. The van der Waals surface area contributed by atoms with E-state index in [-0.39, 0.29) is 28.6 Å². The summed E-state index contributed by atoms with van der Waals surface area (Å²) in [6.07, 6.45) is 0. The lowest BCUT2D eigenvalue weighted by molar-refractivity contribution is -0.384. The molecule has 2 rings (SSSR count). The first-order valence-corrected chi connectivity index (χ1v) is 7.06. The number of aromatic hydroxyl groups is 1. The predicted octanol–water partition coefficient (Wildman–Crippen LogP) is 2.19. The molecule has 0 aromatic heterocycles. The Morgan fingerprint density at radius 1 is 1.08 bits per heavy atom. The standard InChI is InChI=1S/C16H15N3O6/c1-9-3-5-11(13(20)7-9)17-15(21)16(22)18-12-6-4-10(19(23)24)8-14(12)25-2/h3-8,20H,1-2H3,(H,17,21)(H,18,22). The van der Waals surface area contributed by atoms with Crippen LogP contribution < -0.4 is 15.4 Å². The van der Waals surface area contributed by atoms with Crippen LogP contribution in [0, 0.1) is 17.0 Å². The number of benzene rings is 2. The molecule has 2 amide bonds. The molecule has 2 aromatic carbocycles. The van der Waals surface area contributed by atoms with E-state index in [1.165, 1.54) is 31.4 Å². The van der Waals surface area contributed by atoms with Crippen molar-refractivity contribution >= 4 is 28.9 Å². The van der Waals surface area contributed by atoms with Gasteiger partial charge in [0.1, 0.15) is 11.5 Å². The summed E-state index contributed by atoms with van der Waals surface area (Å²) in [6.45, 7) is 1.76. The number of nitrogens with zero attached hydrogens (tertiary/aromatic N) is 1. The van der Waals surface area contributed by atoms with Gasteiger partial charge in [0.2, 0.25) is 0 Å². The Hall–Kier alpha value is -3.62. The minimum atomic E-state index is -1.02. The second-order valence-corrected chi connectivity index (χ2v) is 5.07. The predicted molar refractivity (Wildman–Crippen MR) is 89.8 cm³/mol. The third-order valence-corrected chi connectivity index (χ3v) is 3.25. The van der Waals surface area contributed by atoms with Crippen LogP contribution in [0.4, 0.5) is 17.1 Å². The first kappa shape index (κ1) is 17.7. The summed E-state index contributed by atoms with van der Waals surface area (Å²) in [5.74, 6) is -2.17. The van der Waals surface area contributed by atoms with Gasteiger partial charge in [-0.05, 0) is 30.7 Å². The number of carbonyl (C=O) groups is 2. The van der Waals surface area contributed by atoms with Crippen molar-refractivity contribution in [3.05, 3.63) is 52.1 Å². The van der Waals surface area contributed by atoms with Gasteiger partial charge in [0, 0.05) is 6.07 Å². The highest BCUT2D eigenvalue weighted by atomic mass is 16.6. The van der Waals surface area contributed by atoms with Crippen LogP contribution in [0.15, 0.2) is 36.4 Å².